The molecule has 5 nitrogen and oxygen atoms in total. The third-order valence-electron chi connectivity index (χ3n) is 3.54. The standard InChI is InChI=1S/C17H19N3O2/c1-3-20(15-7-5-4-6-14(15)18)17(22)12-9-8-11(2)13(10-12)16(19)21/h4-10H,3,18H2,1-2H3,(H2,19,21). The summed E-state index contributed by atoms with van der Waals surface area (Å²) < 4.78 is 0. The van der Waals surface area contributed by atoms with Crippen LogP contribution in [0.2, 0.25) is 0 Å². The van der Waals surface area contributed by atoms with Crippen molar-refractivity contribution in [2.45, 2.75) is 13.8 Å². The van der Waals surface area contributed by atoms with Gasteiger partial charge in [-0.25, -0.2) is 0 Å². The van der Waals surface area contributed by atoms with Crippen LogP contribution in [0, 0.1) is 6.92 Å². The number of nitrogen functional groups attached to an aromatic ring is 1. The van der Waals surface area contributed by atoms with Crippen molar-refractivity contribution in [1.82, 2.24) is 0 Å². The van der Waals surface area contributed by atoms with Gasteiger partial charge in [-0.3, -0.25) is 9.59 Å². The fourth-order valence-corrected chi connectivity index (χ4v) is 2.33. The Morgan fingerprint density at radius 3 is 2.41 bits per heavy atom. The van der Waals surface area contributed by atoms with Crippen molar-refractivity contribution in [2.75, 3.05) is 17.2 Å². The number of primary amides is 1. The van der Waals surface area contributed by atoms with Crippen LogP contribution in [0.5, 0.6) is 0 Å². The van der Waals surface area contributed by atoms with Crippen LogP contribution in [0.3, 0.4) is 0 Å². The van der Waals surface area contributed by atoms with E-state index >= 15 is 0 Å². The molecule has 0 radical (unpaired) electrons. The van der Waals surface area contributed by atoms with Gasteiger partial charge in [0.2, 0.25) is 5.91 Å². The Morgan fingerprint density at radius 2 is 1.82 bits per heavy atom. The number of benzene rings is 2. The summed E-state index contributed by atoms with van der Waals surface area (Å²) in [5, 5.41) is 0. The Kier molecular flexibility index (Phi) is 4.46. The molecule has 0 atom stereocenters. The normalized spacial score (nSPS) is 10.3. The van der Waals surface area contributed by atoms with Gasteiger partial charge in [0.05, 0.1) is 11.4 Å². The summed E-state index contributed by atoms with van der Waals surface area (Å²) in [4.78, 5) is 25.7. The SMILES string of the molecule is CCN(C(=O)c1ccc(C)c(C(N)=O)c1)c1ccccc1N. The predicted octanol–water partition coefficient (Wildman–Crippen LogP) is 2.34. The maximum atomic E-state index is 12.7. The average Bonchev–Trinajstić information content (AvgIpc) is 2.50. The molecule has 0 saturated heterocycles. The highest BCUT2D eigenvalue weighted by Crippen LogP contribution is 2.24. The molecule has 0 aliphatic rings. The van der Waals surface area contributed by atoms with Crippen LogP contribution in [0.1, 0.15) is 33.2 Å². The number of hydrogen-bond donors (Lipinski definition) is 2. The van der Waals surface area contributed by atoms with E-state index in [-0.39, 0.29) is 5.91 Å². The first-order valence-electron chi connectivity index (χ1n) is 7.02. The molecule has 0 spiro atoms. The third-order valence-corrected chi connectivity index (χ3v) is 3.54. The summed E-state index contributed by atoms with van der Waals surface area (Å²) in [6.07, 6.45) is 0. The minimum absolute atomic E-state index is 0.220. The molecule has 0 aromatic heterocycles. The molecule has 0 heterocycles. The lowest BCUT2D eigenvalue weighted by atomic mass is 10.0. The molecule has 0 unspecified atom stereocenters. The summed E-state index contributed by atoms with van der Waals surface area (Å²) in [7, 11) is 0. The topological polar surface area (TPSA) is 89.4 Å². The Bertz CT molecular complexity index is 726. The van der Waals surface area contributed by atoms with Crippen molar-refractivity contribution in [3.05, 3.63) is 59.2 Å². The highest BCUT2D eigenvalue weighted by molar-refractivity contribution is 6.09. The van der Waals surface area contributed by atoms with Crippen LogP contribution < -0.4 is 16.4 Å². The summed E-state index contributed by atoms with van der Waals surface area (Å²) in [5.74, 6) is -0.766. The van der Waals surface area contributed by atoms with Crippen LogP contribution in [0.4, 0.5) is 11.4 Å². The van der Waals surface area contributed by atoms with Gasteiger partial charge >= 0.3 is 0 Å². The largest absolute Gasteiger partial charge is 0.397 e. The zero-order valence-electron chi connectivity index (χ0n) is 12.7. The van der Waals surface area contributed by atoms with E-state index in [1.54, 1.807) is 36.1 Å². The molecule has 2 amide bonds. The highest BCUT2D eigenvalue weighted by atomic mass is 16.2. The van der Waals surface area contributed by atoms with Gasteiger partial charge in [-0.15, -0.1) is 0 Å². The molecular formula is C17H19N3O2. The molecule has 22 heavy (non-hydrogen) atoms. The lowest BCUT2D eigenvalue weighted by Gasteiger charge is -2.23. The van der Waals surface area contributed by atoms with E-state index < -0.39 is 5.91 Å². The number of carbonyl (C=O) groups is 2. The number of nitrogens with two attached hydrogens (primary N) is 2. The minimum atomic E-state index is -0.547. The van der Waals surface area contributed by atoms with Crippen molar-refractivity contribution in [1.29, 1.82) is 0 Å². The van der Waals surface area contributed by atoms with E-state index in [0.29, 0.717) is 29.0 Å². The summed E-state index contributed by atoms with van der Waals surface area (Å²) >= 11 is 0. The second-order valence-corrected chi connectivity index (χ2v) is 5.00. The number of anilines is 2. The Morgan fingerprint density at radius 1 is 1.14 bits per heavy atom. The van der Waals surface area contributed by atoms with E-state index in [1.807, 2.05) is 19.1 Å². The molecule has 0 aliphatic carbocycles. The number of hydrogen-bond acceptors (Lipinski definition) is 3. The second kappa shape index (κ2) is 6.30. The van der Waals surface area contributed by atoms with Crippen LogP contribution in [0.15, 0.2) is 42.5 Å². The van der Waals surface area contributed by atoms with Gasteiger partial charge in [0, 0.05) is 17.7 Å². The molecule has 0 aliphatic heterocycles. The molecule has 2 aromatic rings. The maximum Gasteiger partial charge on any atom is 0.258 e. The fraction of sp³-hybridized carbons (Fsp3) is 0.176. The molecule has 114 valence electrons. The zero-order valence-corrected chi connectivity index (χ0v) is 12.7. The van der Waals surface area contributed by atoms with Crippen molar-refractivity contribution in [3.63, 3.8) is 0 Å². The van der Waals surface area contributed by atoms with Crippen LogP contribution in [-0.2, 0) is 0 Å². The third kappa shape index (κ3) is 2.93. The van der Waals surface area contributed by atoms with Crippen molar-refractivity contribution in [3.8, 4) is 0 Å². The van der Waals surface area contributed by atoms with E-state index in [1.165, 1.54) is 6.07 Å². The Balaban J connectivity index is 2.44. The molecule has 0 saturated carbocycles. The quantitative estimate of drug-likeness (QED) is 0.849. The lowest BCUT2D eigenvalue weighted by molar-refractivity contribution is 0.0988. The molecule has 4 N–H and O–H groups in total. The van der Waals surface area contributed by atoms with Crippen LogP contribution in [-0.4, -0.2) is 18.4 Å². The van der Waals surface area contributed by atoms with E-state index in [2.05, 4.69) is 0 Å². The van der Waals surface area contributed by atoms with Gasteiger partial charge in [-0.1, -0.05) is 18.2 Å². The van der Waals surface area contributed by atoms with Crippen LogP contribution >= 0.6 is 0 Å². The first-order valence-corrected chi connectivity index (χ1v) is 7.02. The summed E-state index contributed by atoms with van der Waals surface area (Å²) in [6, 6.07) is 12.1. The maximum absolute atomic E-state index is 12.7. The van der Waals surface area contributed by atoms with Crippen molar-refractivity contribution >= 4 is 23.2 Å². The van der Waals surface area contributed by atoms with E-state index in [4.69, 9.17) is 11.5 Å². The second-order valence-electron chi connectivity index (χ2n) is 5.00. The number of aryl methyl sites for hydroxylation is 1. The van der Waals surface area contributed by atoms with Gasteiger partial charge in [0.25, 0.3) is 5.91 Å². The number of nitrogens with zero attached hydrogens (tertiary/aromatic N) is 1. The Labute approximate surface area is 129 Å². The first kappa shape index (κ1) is 15.6. The van der Waals surface area contributed by atoms with E-state index in [0.717, 1.165) is 5.56 Å². The first-order chi connectivity index (χ1) is 10.5. The molecule has 2 rings (SSSR count). The number of carbonyl (C=O) groups excluding carboxylic acids is 2. The van der Waals surface area contributed by atoms with Gasteiger partial charge < -0.3 is 16.4 Å². The van der Waals surface area contributed by atoms with Crippen LogP contribution in [0.25, 0.3) is 0 Å². The summed E-state index contributed by atoms with van der Waals surface area (Å²) in [6.45, 7) is 4.11. The average molecular weight is 297 g/mol. The van der Waals surface area contributed by atoms with Crippen molar-refractivity contribution in [2.24, 2.45) is 5.73 Å². The predicted molar refractivity (Wildman–Crippen MR) is 87.9 cm³/mol. The monoisotopic (exact) mass is 297 g/mol. The number of amides is 2. The number of para-hydroxylation sites is 2. The summed E-state index contributed by atoms with van der Waals surface area (Å²) in [5.41, 5.74) is 14.0. The van der Waals surface area contributed by atoms with Crippen molar-refractivity contribution < 1.29 is 9.59 Å². The van der Waals surface area contributed by atoms with Gasteiger partial charge in [-0.2, -0.15) is 0 Å². The minimum Gasteiger partial charge on any atom is -0.397 e. The highest BCUT2D eigenvalue weighted by Gasteiger charge is 2.19. The molecule has 5 heteroatoms. The van der Waals surface area contributed by atoms with Gasteiger partial charge in [0.1, 0.15) is 0 Å². The number of rotatable bonds is 4. The molecule has 2 aromatic carbocycles. The fourth-order valence-electron chi connectivity index (χ4n) is 2.33. The molecule has 0 fully saturated rings. The van der Waals surface area contributed by atoms with Gasteiger partial charge in [0.15, 0.2) is 0 Å². The molecular weight excluding hydrogens is 278 g/mol. The van der Waals surface area contributed by atoms with Gasteiger partial charge in [-0.05, 0) is 43.7 Å². The Hall–Kier alpha value is -2.82. The van der Waals surface area contributed by atoms with E-state index in [9.17, 15) is 9.59 Å². The zero-order chi connectivity index (χ0) is 16.3. The lowest BCUT2D eigenvalue weighted by Crippen LogP contribution is -2.31. The molecule has 0 bridgehead atoms. The smallest absolute Gasteiger partial charge is 0.258 e.